The monoisotopic (exact) mass is 358 g/mol. The van der Waals surface area contributed by atoms with Gasteiger partial charge >= 0.3 is 0 Å². The van der Waals surface area contributed by atoms with Crippen molar-refractivity contribution in [3.05, 3.63) is 54.1 Å². The fourth-order valence-corrected chi connectivity index (χ4v) is 3.91. The first-order valence-corrected chi connectivity index (χ1v) is 9.43. The molecule has 1 N–H and O–H groups in total. The zero-order valence-electron chi connectivity index (χ0n) is 13.5. The highest BCUT2D eigenvalue weighted by Crippen LogP contribution is 2.29. The molecule has 0 bridgehead atoms. The number of amides is 1. The lowest BCUT2D eigenvalue weighted by Gasteiger charge is -2.10. The standard InChI is InChI=1S/C18H18N2O2S2/c1-12(23-11-13-6-4-3-5-7-13)17(21)20-18-19-15-9-8-14(22-2)10-16(15)24-18/h3-10,12H,11H2,1-2H3,(H,19,20,21). The number of hydrogen-bond acceptors (Lipinski definition) is 5. The van der Waals surface area contributed by atoms with Gasteiger partial charge in [0.05, 0.1) is 22.6 Å². The first-order chi connectivity index (χ1) is 11.7. The highest BCUT2D eigenvalue weighted by Gasteiger charge is 2.15. The molecular formula is C18H18N2O2S2. The maximum atomic E-state index is 12.3. The van der Waals surface area contributed by atoms with Crippen molar-refractivity contribution < 1.29 is 9.53 Å². The second kappa shape index (κ2) is 7.68. The van der Waals surface area contributed by atoms with E-state index in [1.165, 1.54) is 16.9 Å². The Morgan fingerprint density at radius 2 is 2.08 bits per heavy atom. The fraction of sp³-hybridized carbons (Fsp3) is 0.222. The third-order valence-electron chi connectivity index (χ3n) is 3.54. The lowest BCUT2D eigenvalue weighted by atomic mass is 10.2. The van der Waals surface area contributed by atoms with E-state index in [0.717, 1.165) is 21.7 Å². The molecule has 0 aliphatic heterocycles. The van der Waals surface area contributed by atoms with Gasteiger partial charge in [-0.05, 0) is 30.7 Å². The number of nitrogens with one attached hydrogen (secondary N) is 1. The smallest absolute Gasteiger partial charge is 0.238 e. The molecular weight excluding hydrogens is 340 g/mol. The van der Waals surface area contributed by atoms with Crippen LogP contribution < -0.4 is 10.1 Å². The Morgan fingerprint density at radius 3 is 2.83 bits per heavy atom. The number of methoxy groups -OCH3 is 1. The van der Waals surface area contributed by atoms with Crippen molar-refractivity contribution >= 4 is 44.4 Å². The Morgan fingerprint density at radius 1 is 1.29 bits per heavy atom. The maximum absolute atomic E-state index is 12.3. The normalized spacial score (nSPS) is 12.1. The number of carbonyl (C=O) groups is 1. The summed E-state index contributed by atoms with van der Waals surface area (Å²) in [6, 6.07) is 15.8. The molecule has 2 aromatic carbocycles. The highest BCUT2D eigenvalue weighted by molar-refractivity contribution is 7.99. The molecule has 1 aromatic heterocycles. The van der Waals surface area contributed by atoms with Crippen LogP contribution in [0.25, 0.3) is 10.2 Å². The number of carbonyl (C=O) groups excluding carboxylic acids is 1. The van der Waals surface area contributed by atoms with Crippen LogP contribution in [0.4, 0.5) is 5.13 Å². The number of aromatic nitrogens is 1. The van der Waals surface area contributed by atoms with Crippen LogP contribution in [0.1, 0.15) is 12.5 Å². The summed E-state index contributed by atoms with van der Waals surface area (Å²) in [7, 11) is 1.64. The fourth-order valence-electron chi connectivity index (χ4n) is 2.16. The average Bonchev–Trinajstić information content (AvgIpc) is 3.01. The molecule has 1 amide bonds. The zero-order valence-corrected chi connectivity index (χ0v) is 15.1. The molecule has 0 saturated heterocycles. The summed E-state index contributed by atoms with van der Waals surface area (Å²) in [5, 5.41) is 3.39. The van der Waals surface area contributed by atoms with Crippen LogP contribution in [0.15, 0.2) is 48.5 Å². The van der Waals surface area contributed by atoms with Crippen molar-refractivity contribution in [1.82, 2.24) is 4.98 Å². The molecule has 3 aromatic rings. The van der Waals surface area contributed by atoms with E-state index >= 15 is 0 Å². The van der Waals surface area contributed by atoms with E-state index < -0.39 is 0 Å². The van der Waals surface area contributed by atoms with Crippen LogP contribution in [0.2, 0.25) is 0 Å². The van der Waals surface area contributed by atoms with Crippen molar-refractivity contribution in [3.8, 4) is 5.75 Å². The van der Waals surface area contributed by atoms with Gasteiger partial charge in [-0.1, -0.05) is 41.7 Å². The minimum Gasteiger partial charge on any atom is -0.497 e. The Hall–Kier alpha value is -2.05. The summed E-state index contributed by atoms with van der Waals surface area (Å²) in [6.45, 7) is 1.92. The van der Waals surface area contributed by atoms with Gasteiger partial charge in [0, 0.05) is 5.75 Å². The predicted molar refractivity (Wildman–Crippen MR) is 102 cm³/mol. The van der Waals surface area contributed by atoms with E-state index in [0.29, 0.717) is 5.13 Å². The summed E-state index contributed by atoms with van der Waals surface area (Å²) < 4.78 is 6.21. The lowest BCUT2D eigenvalue weighted by molar-refractivity contribution is -0.115. The first-order valence-electron chi connectivity index (χ1n) is 7.56. The van der Waals surface area contributed by atoms with Crippen LogP contribution in [-0.4, -0.2) is 23.3 Å². The van der Waals surface area contributed by atoms with Gasteiger partial charge in [-0.2, -0.15) is 0 Å². The molecule has 1 unspecified atom stereocenters. The Labute approximate surface area is 149 Å². The Kier molecular flexibility index (Phi) is 5.37. The van der Waals surface area contributed by atoms with Gasteiger partial charge in [-0.25, -0.2) is 4.98 Å². The molecule has 0 radical (unpaired) electrons. The van der Waals surface area contributed by atoms with E-state index in [-0.39, 0.29) is 11.2 Å². The van der Waals surface area contributed by atoms with Gasteiger partial charge in [0.2, 0.25) is 5.91 Å². The number of ether oxygens (including phenoxy) is 1. The SMILES string of the molecule is COc1ccc2nc(NC(=O)C(C)SCc3ccccc3)sc2c1. The number of thioether (sulfide) groups is 1. The molecule has 0 aliphatic rings. The molecule has 0 saturated carbocycles. The van der Waals surface area contributed by atoms with E-state index in [2.05, 4.69) is 22.4 Å². The second-order valence-electron chi connectivity index (χ2n) is 5.28. The maximum Gasteiger partial charge on any atom is 0.238 e. The van der Waals surface area contributed by atoms with Gasteiger partial charge < -0.3 is 10.1 Å². The third kappa shape index (κ3) is 4.07. The van der Waals surface area contributed by atoms with Crippen molar-refractivity contribution in [2.24, 2.45) is 0 Å². The third-order valence-corrected chi connectivity index (χ3v) is 5.69. The van der Waals surface area contributed by atoms with E-state index in [9.17, 15) is 4.79 Å². The molecule has 0 aliphatic carbocycles. The molecule has 0 fully saturated rings. The second-order valence-corrected chi connectivity index (χ2v) is 7.64. The topological polar surface area (TPSA) is 51.2 Å². The molecule has 124 valence electrons. The summed E-state index contributed by atoms with van der Waals surface area (Å²) in [5.74, 6) is 1.57. The number of hydrogen-bond donors (Lipinski definition) is 1. The summed E-state index contributed by atoms with van der Waals surface area (Å²) >= 11 is 3.07. The number of fused-ring (bicyclic) bond motifs is 1. The molecule has 3 rings (SSSR count). The number of rotatable bonds is 6. The first kappa shape index (κ1) is 16.8. The largest absolute Gasteiger partial charge is 0.497 e. The van der Waals surface area contributed by atoms with E-state index in [1.54, 1.807) is 18.9 Å². The number of thiazole rings is 1. The minimum absolute atomic E-state index is 0.0260. The van der Waals surface area contributed by atoms with Gasteiger partial charge in [0.15, 0.2) is 5.13 Å². The summed E-state index contributed by atoms with van der Waals surface area (Å²) in [5.41, 5.74) is 2.08. The summed E-state index contributed by atoms with van der Waals surface area (Å²) in [4.78, 5) is 16.8. The Balaban J connectivity index is 1.61. The van der Waals surface area contributed by atoms with Crippen molar-refractivity contribution in [2.45, 2.75) is 17.9 Å². The Bertz CT molecular complexity index is 833. The predicted octanol–water partition coefficient (Wildman–Crippen LogP) is 4.57. The van der Waals surface area contributed by atoms with Gasteiger partial charge in [0.1, 0.15) is 5.75 Å². The van der Waals surface area contributed by atoms with Crippen LogP contribution >= 0.6 is 23.1 Å². The average molecular weight is 358 g/mol. The van der Waals surface area contributed by atoms with Crippen LogP contribution in [-0.2, 0) is 10.5 Å². The molecule has 6 heteroatoms. The summed E-state index contributed by atoms with van der Waals surface area (Å²) in [6.07, 6.45) is 0. The highest BCUT2D eigenvalue weighted by atomic mass is 32.2. The van der Waals surface area contributed by atoms with Crippen LogP contribution in [0, 0.1) is 0 Å². The van der Waals surface area contributed by atoms with Crippen molar-refractivity contribution in [3.63, 3.8) is 0 Å². The minimum atomic E-state index is -0.147. The van der Waals surface area contributed by atoms with Gasteiger partial charge in [-0.3, -0.25) is 4.79 Å². The molecule has 0 spiro atoms. The van der Waals surface area contributed by atoms with E-state index in [4.69, 9.17) is 4.74 Å². The van der Waals surface area contributed by atoms with E-state index in [1.807, 2.05) is 43.3 Å². The van der Waals surface area contributed by atoms with Crippen LogP contribution in [0.5, 0.6) is 5.75 Å². The molecule has 1 atom stereocenters. The number of nitrogens with zero attached hydrogens (tertiary/aromatic N) is 1. The molecule has 1 heterocycles. The number of anilines is 1. The van der Waals surface area contributed by atoms with Gasteiger partial charge in [-0.15, -0.1) is 11.8 Å². The van der Waals surface area contributed by atoms with Crippen molar-refractivity contribution in [2.75, 3.05) is 12.4 Å². The number of benzene rings is 2. The molecule has 4 nitrogen and oxygen atoms in total. The van der Waals surface area contributed by atoms with Crippen LogP contribution in [0.3, 0.4) is 0 Å². The molecule has 24 heavy (non-hydrogen) atoms. The van der Waals surface area contributed by atoms with Crippen molar-refractivity contribution in [1.29, 1.82) is 0 Å². The lowest BCUT2D eigenvalue weighted by Crippen LogP contribution is -2.22. The zero-order chi connectivity index (χ0) is 16.9. The van der Waals surface area contributed by atoms with Gasteiger partial charge in [0.25, 0.3) is 0 Å². The quantitative estimate of drug-likeness (QED) is 0.701.